The first-order valence-electron chi connectivity index (χ1n) is 6.44. The van der Waals surface area contributed by atoms with E-state index in [0.29, 0.717) is 19.8 Å². The van der Waals surface area contributed by atoms with Crippen molar-refractivity contribution in [2.24, 2.45) is 10.4 Å². The molecule has 1 aromatic carbocycles. The number of aldehydes is 1. The van der Waals surface area contributed by atoms with Gasteiger partial charge in [0.2, 0.25) is 0 Å². The highest BCUT2D eigenvalue weighted by molar-refractivity contribution is 6.05. The van der Waals surface area contributed by atoms with Crippen LogP contribution in [-0.4, -0.2) is 25.1 Å². The molecule has 2 rings (SSSR count). The second-order valence-corrected chi connectivity index (χ2v) is 5.40. The molecule has 1 aliphatic heterocycles. The topological polar surface area (TPSA) is 38.7 Å². The van der Waals surface area contributed by atoms with Gasteiger partial charge in [-0.05, 0) is 11.6 Å². The van der Waals surface area contributed by atoms with Gasteiger partial charge in [-0.1, -0.05) is 44.2 Å². The van der Waals surface area contributed by atoms with Crippen molar-refractivity contribution in [2.75, 3.05) is 13.2 Å². The van der Waals surface area contributed by atoms with E-state index >= 15 is 0 Å². The fraction of sp³-hybridized carbons (Fsp3) is 0.375. The largest absolute Gasteiger partial charge is 0.376 e. The second kappa shape index (κ2) is 5.93. The van der Waals surface area contributed by atoms with E-state index in [-0.39, 0.29) is 5.41 Å². The van der Waals surface area contributed by atoms with Crippen molar-refractivity contribution in [3.63, 3.8) is 0 Å². The Hall–Kier alpha value is -1.74. The summed E-state index contributed by atoms with van der Waals surface area (Å²) in [6, 6.07) is 10.1. The zero-order chi connectivity index (χ0) is 13.7. The Morgan fingerprint density at radius 1 is 1.32 bits per heavy atom. The molecule has 100 valence electrons. The lowest BCUT2D eigenvalue weighted by Gasteiger charge is -2.23. The van der Waals surface area contributed by atoms with Gasteiger partial charge in [-0.25, -0.2) is 0 Å². The van der Waals surface area contributed by atoms with E-state index < -0.39 is 0 Å². The van der Waals surface area contributed by atoms with Crippen LogP contribution in [-0.2, 0) is 16.1 Å². The molecule has 0 aromatic heterocycles. The predicted molar refractivity (Wildman–Crippen MR) is 76.3 cm³/mol. The number of carbonyl (C=O) groups is 1. The Labute approximate surface area is 114 Å². The average molecular weight is 257 g/mol. The molecule has 0 atom stereocenters. The summed E-state index contributed by atoms with van der Waals surface area (Å²) in [7, 11) is 0. The van der Waals surface area contributed by atoms with E-state index in [1.807, 2.05) is 36.4 Å². The zero-order valence-electron chi connectivity index (χ0n) is 11.4. The number of aliphatic imine (C=N–C) groups is 1. The molecule has 1 heterocycles. The lowest BCUT2D eigenvalue weighted by molar-refractivity contribution is -0.104. The Kier molecular flexibility index (Phi) is 4.27. The monoisotopic (exact) mass is 257 g/mol. The van der Waals surface area contributed by atoms with Gasteiger partial charge in [-0.2, -0.15) is 0 Å². The number of carbonyl (C=O) groups excluding carboxylic acids is 1. The third kappa shape index (κ3) is 3.61. The number of hydrogen-bond acceptors (Lipinski definition) is 3. The molecule has 3 nitrogen and oxygen atoms in total. The molecule has 0 spiro atoms. The van der Waals surface area contributed by atoms with Crippen LogP contribution in [0, 0.1) is 5.41 Å². The van der Waals surface area contributed by atoms with Crippen LogP contribution < -0.4 is 0 Å². The third-order valence-electron chi connectivity index (χ3n) is 3.17. The minimum atomic E-state index is -0.167. The molecule has 0 unspecified atom stereocenters. The summed E-state index contributed by atoms with van der Waals surface area (Å²) in [6.07, 6.45) is 2.75. The van der Waals surface area contributed by atoms with Gasteiger partial charge >= 0.3 is 0 Å². The van der Waals surface area contributed by atoms with Gasteiger partial charge in [0.05, 0.1) is 19.8 Å². The lowest BCUT2D eigenvalue weighted by Crippen LogP contribution is -2.27. The van der Waals surface area contributed by atoms with Crippen molar-refractivity contribution < 1.29 is 9.53 Å². The molecular weight excluding hydrogens is 238 g/mol. The van der Waals surface area contributed by atoms with Crippen molar-refractivity contribution >= 4 is 12.0 Å². The van der Waals surface area contributed by atoms with Crippen molar-refractivity contribution in [3.05, 3.63) is 47.5 Å². The van der Waals surface area contributed by atoms with Crippen LogP contribution >= 0.6 is 0 Å². The summed E-state index contributed by atoms with van der Waals surface area (Å²) >= 11 is 0. The molecule has 0 fully saturated rings. The summed E-state index contributed by atoms with van der Waals surface area (Å²) in [5.74, 6) is 0. The molecule has 1 aliphatic rings. The molecular formula is C16H19NO2. The van der Waals surface area contributed by atoms with Crippen LogP contribution in [0.1, 0.15) is 19.4 Å². The van der Waals surface area contributed by atoms with Gasteiger partial charge in [0.1, 0.15) is 6.29 Å². The van der Waals surface area contributed by atoms with Crippen LogP contribution in [0.3, 0.4) is 0 Å². The highest BCUT2D eigenvalue weighted by Gasteiger charge is 2.26. The number of rotatable bonds is 6. The number of ether oxygens (including phenoxy) is 1. The molecule has 1 aromatic rings. The standard InChI is InChI=1S/C16H19NO2/c1-16(2,15-8-14(10-18)9-17-15)12-19-11-13-6-4-3-5-7-13/h3-8,10H,9,11-12H2,1-2H3. The molecule has 0 saturated carbocycles. The van der Waals surface area contributed by atoms with Gasteiger partial charge in [-0.15, -0.1) is 0 Å². The quantitative estimate of drug-likeness (QED) is 0.735. The zero-order valence-corrected chi connectivity index (χ0v) is 11.4. The van der Waals surface area contributed by atoms with Crippen molar-refractivity contribution in [2.45, 2.75) is 20.5 Å². The highest BCUT2D eigenvalue weighted by atomic mass is 16.5. The van der Waals surface area contributed by atoms with E-state index in [1.165, 1.54) is 0 Å². The normalized spacial score (nSPS) is 15.1. The third-order valence-corrected chi connectivity index (χ3v) is 3.17. The van der Waals surface area contributed by atoms with Crippen molar-refractivity contribution in [1.29, 1.82) is 0 Å². The Morgan fingerprint density at radius 3 is 2.68 bits per heavy atom. The van der Waals surface area contributed by atoms with Gasteiger partial charge in [-0.3, -0.25) is 9.79 Å². The predicted octanol–water partition coefficient (Wildman–Crippen LogP) is 2.81. The van der Waals surface area contributed by atoms with Gasteiger partial charge < -0.3 is 4.74 Å². The van der Waals surface area contributed by atoms with Crippen LogP contribution in [0.15, 0.2) is 47.0 Å². The summed E-state index contributed by atoms with van der Waals surface area (Å²) < 4.78 is 5.77. The maximum Gasteiger partial charge on any atom is 0.147 e. The first-order valence-corrected chi connectivity index (χ1v) is 6.44. The molecule has 0 radical (unpaired) electrons. The van der Waals surface area contributed by atoms with Crippen molar-refractivity contribution in [1.82, 2.24) is 0 Å². The molecule has 0 bridgehead atoms. The van der Waals surface area contributed by atoms with Crippen LogP contribution in [0.4, 0.5) is 0 Å². The minimum Gasteiger partial charge on any atom is -0.376 e. The number of nitrogens with zero attached hydrogens (tertiary/aromatic N) is 1. The van der Waals surface area contributed by atoms with Crippen molar-refractivity contribution in [3.8, 4) is 0 Å². The Morgan fingerprint density at radius 2 is 2.05 bits per heavy atom. The van der Waals surface area contributed by atoms with E-state index in [1.54, 1.807) is 0 Å². The SMILES string of the molecule is CC(C)(COCc1ccccc1)C1=NCC(C=O)=C1. The van der Waals surface area contributed by atoms with E-state index in [9.17, 15) is 4.79 Å². The summed E-state index contributed by atoms with van der Waals surface area (Å²) in [5, 5.41) is 0. The molecule has 19 heavy (non-hydrogen) atoms. The van der Waals surface area contributed by atoms with Crippen LogP contribution in [0.2, 0.25) is 0 Å². The fourth-order valence-corrected chi connectivity index (χ4v) is 2.00. The fourth-order valence-electron chi connectivity index (χ4n) is 2.00. The second-order valence-electron chi connectivity index (χ2n) is 5.40. The molecule has 0 amide bonds. The van der Waals surface area contributed by atoms with Crippen LogP contribution in [0.25, 0.3) is 0 Å². The molecule has 0 N–H and O–H groups in total. The maximum atomic E-state index is 10.7. The number of benzene rings is 1. The first kappa shape index (κ1) is 13.7. The minimum absolute atomic E-state index is 0.167. The smallest absolute Gasteiger partial charge is 0.147 e. The van der Waals surface area contributed by atoms with Gasteiger partial charge in [0, 0.05) is 16.7 Å². The number of allylic oxidation sites excluding steroid dienone is 1. The molecule has 0 saturated heterocycles. The summed E-state index contributed by atoms with van der Waals surface area (Å²) in [4.78, 5) is 15.1. The van der Waals surface area contributed by atoms with E-state index in [0.717, 1.165) is 23.1 Å². The Bertz CT molecular complexity index is 501. The van der Waals surface area contributed by atoms with E-state index in [2.05, 4.69) is 18.8 Å². The lowest BCUT2D eigenvalue weighted by atomic mass is 9.88. The average Bonchev–Trinajstić information content (AvgIpc) is 2.89. The molecule has 0 aliphatic carbocycles. The van der Waals surface area contributed by atoms with Crippen LogP contribution in [0.5, 0.6) is 0 Å². The number of hydrogen-bond donors (Lipinski definition) is 0. The molecule has 3 heteroatoms. The summed E-state index contributed by atoms with van der Waals surface area (Å²) in [5.41, 5.74) is 2.68. The highest BCUT2D eigenvalue weighted by Crippen LogP contribution is 2.23. The van der Waals surface area contributed by atoms with Gasteiger partial charge in [0.25, 0.3) is 0 Å². The maximum absolute atomic E-state index is 10.7. The van der Waals surface area contributed by atoms with Gasteiger partial charge in [0.15, 0.2) is 0 Å². The summed E-state index contributed by atoms with van der Waals surface area (Å²) in [6.45, 7) is 5.86. The Balaban J connectivity index is 1.88. The van der Waals surface area contributed by atoms with E-state index in [4.69, 9.17) is 4.74 Å². The first-order chi connectivity index (χ1) is 9.12.